The van der Waals surface area contributed by atoms with Crippen LogP contribution in [-0.2, 0) is 4.79 Å². The molecule has 1 aromatic rings. The van der Waals surface area contributed by atoms with Gasteiger partial charge in [0.05, 0.1) is 12.0 Å². The summed E-state index contributed by atoms with van der Waals surface area (Å²) in [6.07, 6.45) is 1.75. The summed E-state index contributed by atoms with van der Waals surface area (Å²) in [5, 5.41) is 8.83. The van der Waals surface area contributed by atoms with Crippen molar-refractivity contribution in [2.45, 2.75) is 25.4 Å². The number of ether oxygens (including phenoxy) is 1. The first-order valence-corrected chi connectivity index (χ1v) is 5.30. The molecule has 1 N–H and O–H groups in total. The van der Waals surface area contributed by atoms with Crippen molar-refractivity contribution in [2.75, 3.05) is 0 Å². The third kappa shape index (κ3) is 2.51. The lowest BCUT2D eigenvalue weighted by Gasteiger charge is -2.13. The highest BCUT2D eigenvalue weighted by molar-refractivity contribution is 5.70. The number of hydrogen-bond donors (Lipinski definition) is 1. The first kappa shape index (κ1) is 10.9. The highest BCUT2D eigenvalue weighted by Crippen LogP contribution is 2.29. The monoisotopic (exact) mass is 224 g/mol. The molecule has 0 aromatic heterocycles. The average molecular weight is 224 g/mol. The van der Waals surface area contributed by atoms with Crippen LogP contribution in [0.25, 0.3) is 0 Å². The molecule has 1 fully saturated rings. The van der Waals surface area contributed by atoms with Crippen molar-refractivity contribution in [1.29, 1.82) is 0 Å². The van der Waals surface area contributed by atoms with E-state index >= 15 is 0 Å². The van der Waals surface area contributed by atoms with Crippen molar-refractivity contribution in [2.24, 2.45) is 5.92 Å². The van der Waals surface area contributed by atoms with E-state index in [2.05, 4.69) is 0 Å². The minimum Gasteiger partial charge on any atom is -0.490 e. The molecule has 1 aromatic carbocycles. The Kier molecular flexibility index (Phi) is 3.08. The highest BCUT2D eigenvalue weighted by Gasteiger charge is 2.30. The van der Waals surface area contributed by atoms with Crippen LogP contribution in [0.4, 0.5) is 4.39 Å². The zero-order valence-corrected chi connectivity index (χ0v) is 8.73. The van der Waals surface area contributed by atoms with Crippen LogP contribution in [0.15, 0.2) is 24.3 Å². The highest BCUT2D eigenvalue weighted by atomic mass is 19.1. The summed E-state index contributed by atoms with van der Waals surface area (Å²) in [5.74, 6) is -0.967. The summed E-state index contributed by atoms with van der Waals surface area (Å²) in [7, 11) is 0. The zero-order valence-electron chi connectivity index (χ0n) is 8.73. The van der Waals surface area contributed by atoms with Crippen LogP contribution in [0.1, 0.15) is 19.3 Å². The summed E-state index contributed by atoms with van der Waals surface area (Å²) in [6, 6.07) is 5.92. The minimum atomic E-state index is -0.773. The van der Waals surface area contributed by atoms with Crippen LogP contribution in [0.2, 0.25) is 0 Å². The van der Waals surface area contributed by atoms with Crippen molar-refractivity contribution in [3.8, 4) is 5.75 Å². The van der Waals surface area contributed by atoms with E-state index < -0.39 is 5.97 Å². The smallest absolute Gasteiger partial charge is 0.306 e. The first-order chi connectivity index (χ1) is 7.65. The topological polar surface area (TPSA) is 46.5 Å². The largest absolute Gasteiger partial charge is 0.490 e. The van der Waals surface area contributed by atoms with Crippen LogP contribution in [0, 0.1) is 11.7 Å². The van der Waals surface area contributed by atoms with Gasteiger partial charge in [0.15, 0.2) is 0 Å². The molecule has 0 radical (unpaired) electrons. The molecule has 2 atom stereocenters. The maximum Gasteiger partial charge on any atom is 0.306 e. The lowest BCUT2D eigenvalue weighted by molar-refractivity contribution is -0.141. The van der Waals surface area contributed by atoms with Crippen molar-refractivity contribution in [3.63, 3.8) is 0 Å². The molecule has 0 amide bonds. The van der Waals surface area contributed by atoms with Crippen LogP contribution in [0.5, 0.6) is 5.75 Å². The van der Waals surface area contributed by atoms with Crippen LogP contribution in [-0.4, -0.2) is 17.2 Å². The predicted molar refractivity (Wildman–Crippen MR) is 55.8 cm³/mol. The lowest BCUT2D eigenvalue weighted by atomic mass is 10.1. The van der Waals surface area contributed by atoms with E-state index in [-0.39, 0.29) is 17.8 Å². The maximum absolute atomic E-state index is 12.9. The van der Waals surface area contributed by atoms with Crippen molar-refractivity contribution in [3.05, 3.63) is 30.1 Å². The van der Waals surface area contributed by atoms with Crippen molar-refractivity contribution in [1.82, 2.24) is 0 Å². The fraction of sp³-hybridized carbons (Fsp3) is 0.417. The summed E-state index contributed by atoms with van der Waals surface area (Å²) in [5.41, 5.74) is 0. The van der Waals surface area contributed by atoms with Crippen LogP contribution < -0.4 is 4.74 Å². The molecule has 0 spiro atoms. The third-order valence-corrected chi connectivity index (χ3v) is 2.83. The number of halogens is 1. The molecule has 0 heterocycles. The van der Waals surface area contributed by atoms with Gasteiger partial charge in [0.2, 0.25) is 0 Å². The van der Waals surface area contributed by atoms with Gasteiger partial charge in [-0.3, -0.25) is 4.79 Å². The van der Waals surface area contributed by atoms with Gasteiger partial charge in [-0.05, 0) is 31.4 Å². The standard InChI is InChI=1S/C12H13FO3/c13-9-2-1-3-10(7-9)16-11-5-4-8(6-11)12(14)15/h1-3,7-8,11H,4-6H2,(H,14,15). The average Bonchev–Trinajstić information content (AvgIpc) is 2.66. The van der Waals surface area contributed by atoms with E-state index in [1.54, 1.807) is 12.1 Å². The lowest BCUT2D eigenvalue weighted by Crippen LogP contribution is -2.15. The third-order valence-electron chi connectivity index (χ3n) is 2.83. The fourth-order valence-corrected chi connectivity index (χ4v) is 2.00. The Hall–Kier alpha value is -1.58. The Balaban J connectivity index is 1.94. The fourth-order valence-electron chi connectivity index (χ4n) is 2.00. The molecule has 4 heteroatoms. The van der Waals surface area contributed by atoms with E-state index in [1.807, 2.05) is 0 Å². The molecule has 1 saturated carbocycles. The predicted octanol–water partition coefficient (Wildman–Crippen LogP) is 2.46. The quantitative estimate of drug-likeness (QED) is 0.857. The van der Waals surface area contributed by atoms with E-state index in [1.165, 1.54) is 12.1 Å². The summed E-state index contributed by atoms with van der Waals surface area (Å²) in [4.78, 5) is 10.7. The number of carboxylic acid groups (broad SMARTS) is 1. The Labute approximate surface area is 92.9 Å². The molecule has 2 rings (SSSR count). The summed E-state index contributed by atoms with van der Waals surface area (Å²) < 4.78 is 18.4. The molecule has 1 aliphatic rings. The molecular formula is C12H13FO3. The molecule has 0 bridgehead atoms. The van der Waals surface area contributed by atoms with Gasteiger partial charge in [-0.25, -0.2) is 4.39 Å². The maximum atomic E-state index is 12.9. The number of carbonyl (C=O) groups is 1. The van der Waals surface area contributed by atoms with Gasteiger partial charge in [0, 0.05) is 6.07 Å². The number of hydrogen-bond acceptors (Lipinski definition) is 2. The van der Waals surface area contributed by atoms with E-state index in [4.69, 9.17) is 9.84 Å². The molecule has 1 aliphatic carbocycles. The first-order valence-electron chi connectivity index (χ1n) is 5.30. The molecule has 3 nitrogen and oxygen atoms in total. The van der Waals surface area contributed by atoms with E-state index in [9.17, 15) is 9.18 Å². The van der Waals surface area contributed by atoms with Gasteiger partial charge in [-0.1, -0.05) is 6.07 Å². The normalized spacial score (nSPS) is 24.3. The van der Waals surface area contributed by atoms with Gasteiger partial charge < -0.3 is 9.84 Å². The Morgan fingerprint density at radius 2 is 2.25 bits per heavy atom. The summed E-state index contributed by atoms with van der Waals surface area (Å²) in [6.45, 7) is 0. The van der Waals surface area contributed by atoms with Crippen LogP contribution >= 0.6 is 0 Å². The zero-order chi connectivity index (χ0) is 11.5. The van der Waals surface area contributed by atoms with Gasteiger partial charge in [0.25, 0.3) is 0 Å². The van der Waals surface area contributed by atoms with Gasteiger partial charge in [-0.2, -0.15) is 0 Å². The Morgan fingerprint density at radius 1 is 1.44 bits per heavy atom. The molecule has 0 aliphatic heterocycles. The molecular weight excluding hydrogens is 211 g/mol. The SMILES string of the molecule is O=C(O)C1CCC(Oc2cccc(F)c2)C1. The second-order valence-electron chi connectivity index (χ2n) is 4.05. The van der Waals surface area contributed by atoms with Crippen molar-refractivity contribution >= 4 is 5.97 Å². The summed E-state index contributed by atoms with van der Waals surface area (Å²) >= 11 is 0. The second kappa shape index (κ2) is 4.51. The molecule has 86 valence electrons. The van der Waals surface area contributed by atoms with Gasteiger partial charge >= 0.3 is 5.97 Å². The molecule has 0 saturated heterocycles. The van der Waals surface area contributed by atoms with Gasteiger partial charge in [-0.15, -0.1) is 0 Å². The van der Waals surface area contributed by atoms with E-state index in [0.717, 1.165) is 0 Å². The van der Waals surface area contributed by atoms with Crippen LogP contribution in [0.3, 0.4) is 0 Å². The Morgan fingerprint density at radius 3 is 2.88 bits per heavy atom. The Bertz CT molecular complexity index is 392. The number of aliphatic carboxylic acids is 1. The number of carboxylic acids is 1. The van der Waals surface area contributed by atoms with Crippen molar-refractivity contribution < 1.29 is 19.0 Å². The minimum absolute atomic E-state index is 0.108. The van der Waals surface area contributed by atoms with Gasteiger partial charge in [0.1, 0.15) is 11.6 Å². The van der Waals surface area contributed by atoms with E-state index in [0.29, 0.717) is 25.0 Å². The molecule has 16 heavy (non-hydrogen) atoms. The molecule has 2 unspecified atom stereocenters. The number of rotatable bonds is 3. The second-order valence-corrected chi connectivity index (χ2v) is 4.05. The number of benzene rings is 1.